The molecule has 1 aliphatic heterocycles. The second-order valence-electron chi connectivity index (χ2n) is 8.27. The van der Waals surface area contributed by atoms with E-state index in [4.69, 9.17) is 4.74 Å². The van der Waals surface area contributed by atoms with Gasteiger partial charge < -0.3 is 10.1 Å². The first-order valence-corrected chi connectivity index (χ1v) is 10.7. The lowest BCUT2D eigenvalue weighted by Gasteiger charge is -2.19. The molecule has 2 N–H and O–H groups in total. The summed E-state index contributed by atoms with van der Waals surface area (Å²) in [6.45, 7) is 6.42. The number of rotatable bonds is 5. The summed E-state index contributed by atoms with van der Waals surface area (Å²) in [5, 5.41) is 4.98. The Hall–Kier alpha value is -3.19. The number of aromatic nitrogens is 2. The quantitative estimate of drug-likeness (QED) is 0.662. The number of H-pyrrole nitrogens is 1. The molecule has 4 atom stereocenters. The summed E-state index contributed by atoms with van der Waals surface area (Å²) in [6.07, 6.45) is 1.67. The molecule has 4 rings (SSSR count). The minimum Gasteiger partial charge on any atom is -0.354 e. The Morgan fingerprint density at radius 1 is 1.10 bits per heavy atom. The van der Waals surface area contributed by atoms with Gasteiger partial charge >= 0.3 is 5.69 Å². The number of aromatic amines is 1. The van der Waals surface area contributed by atoms with Gasteiger partial charge in [-0.05, 0) is 34.7 Å². The molecule has 2 aromatic carbocycles. The number of carbonyl (C=O) groups excluding carboxylic acids is 1. The first kappa shape index (κ1) is 21.1. The molecule has 1 aliphatic rings. The lowest BCUT2D eigenvalue weighted by molar-refractivity contribution is -0.0169. The van der Waals surface area contributed by atoms with Gasteiger partial charge in [0.05, 0.1) is 6.10 Å². The Morgan fingerprint density at radius 3 is 2.55 bits per heavy atom. The van der Waals surface area contributed by atoms with Crippen molar-refractivity contribution in [1.82, 2.24) is 14.9 Å². The van der Waals surface area contributed by atoms with Gasteiger partial charge in [0.2, 0.25) is 0 Å². The summed E-state index contributed by atoms with van der Waals surface area (Å²) in [5.74, 6) is -0.199. The summed E-state index contributed by atoms with van der Waals surface area (Å²) >= 11 is 0. The van der Waals surface area contributed by atoms with E-state index >= 15 is 0 Å². The van der Waals surface area contributed by atoms with E-state index in [0.29, 0.717) is 0 Å². The number of nitrogens with zero attached hydrogens (tertiary/aromatic N) is 1. The third-order valence-electron chi connectivity index (χ3n) is 6.34. The van der Waals surface area contributed by atoms with Crippen molar-refractivity contribution in [2.75, 3.05) is 0 Å². The molecule has 7 heteroatoms. The number of hydrogen-bond acceptors (Lipinski definition) is 4. The number of ether oxygens (including phenoxy) is 1. The lowest BCUT2D eigenvalue weighted by Crippen LogP contribution is -2.39. The standard InChI is InChI=1S/C24H27N3O4/c1-4-20-14(2)15(3)23(31-20)27-13-19(22(29)26-24(27)30)21(28)25-12-16-9-10-17-7-5-6-8-18(17)11-16/h5-11,13-15,20,23H,4,12H2,1-3H3,(H,25,28)(H,26,29,30)/t14-,15?,20-,23-/m1/s1. The highest BCUT2D eigenvalue weighted by molar-refractivity contribution is 5.93. The van der Waals surface area contributed by atoms with Gasteiger partial charge in [-0.15, -0.1) is 0 Å². The van der Waals surface area contributed by atoms with Crippen LogP contribution in [0.1, 0.15) is 49.3 Å². The zero-order chi connectivity index (χ0) is 22.1. The van der Waals surface area contributed by atoms with Gasteiger partial charge in [-0.25, -0.2) is 4.79 Å². The Bertz CT molecular complexity index is 1230. The Balaban J connectivity index is 1.56. The molecule has 0 bridgehead atoms. The zero-order valence-electron chi connectivity index (χ0n) is 17.9. The minimum absolute atomic E-state index is 0.0315. The second kappa shape index (κ2) is 8.51. The Morgan fingerprint density at radius 2 is 1.84 bits per heavy atom. The highest BCUT2D eigenvalue weighted by atomic mass is 16.5. The molecule has 1 aromatic heterocycles. The highest BCUT2D eigenvalue weighted by Gasteiger charge is 2.39. The molecule has 7 nitrogen and oxygen atoms in total. The third kappa shape index (κ3) is 4.05. The fourth-order valence-electron chi connectivity index (χ4n) is 4.27. The Kier molecular flexibility index (Phi) is 5.78. The van der Waals surface area contributed by atoms with Gasteiger partial charge in [0, 0.05) is 18.7 Å². The number of benzene rings is 2. The maximum absolute atomic E-state index is 12.8. The summed E-state index contributed by atoms with van der Waals surface area (Å²) in [6, 6.07) is 13.9. The molecule has 162 valence electrons. The summed E-state index contributed by atoms with van der Waals surface area (Å²) in [7, 11) is 0. The second-order valence-corrected chi connectivity index (χ2v) is 8.27. The number of hydrogen-bond donors (Lipinski definition) is 2. The molecule has 1 fully saturated rings. The molecule has 1 amide bonds. The van der Waals surface area contributed by atoms with Gasteiger partial charge in [0.1, 0.15) is 11.8 Å². The molecule has 0 aliphatic carbocycles. The summed E-state index contributed by atoms with van der Waals surface area (Å²) < 4.78 is 7.39. The number of fused-ring (bicyclic) bond motifs is 1. The monoisotopic (exact) mass is 421 g/mol. The van der Waals surface area contributed by atoms with Crippen LogP contribution < -0.4 is 16.6 Å². The van der Waals surface area contributed by atoms with Gasteiger partial charge in [0.15, 0.2) is 0 Å². The molecule has 31 heavy (non-hydrogen) atoms. The van der Waals surface area contributed by atoms with Crippen LogP contribution in [0.5, 0.6) is 0 Å². The highest BCUT2D eigenvalue weighted by Crippen LogP contribution is 2.39. The fourth-order valence-corrected chi connectivity index (χ4v) is 4.27. The van der Waals surface area contributed by atoms with E-state index < -0.39 is 23.4 Å². The van der Waals surface area contributed by atoms with Crippen molar-refractivity contribution < 1.29 is 9.53 Å². The lowest BCUT2D eigenvalue weighted by atomic mass is 9.91. The van der Waals surface area contributed by atoms with Gasteiger partial charge in [-0.3, -0.25) is 19.1 Å². The molecule has 3 aromatic rings. The first-order chi connectivity index (χ1) is 14.9. The number of carbonyl (C=O) groups is 1. The smallest absolute Gasteiger partial charge is 0.330 e. The van der Waals surface area contributed by atoms with Crippen molar-refractivity contribution in [3.8, 4) is 0 Å². The molecule has 2 heterocycles. The molecule has 0 spiro atoms. The first-order valence-electron chi connectivity index (χ1n) is 10.7. The van der Waals surface area contributed by atoms with Crippen LogP contribution in [0.4, 0.5) is 0 Å². The molecule has 1 unspecified atom stereocenters. The molecule has 0 saturated carbocycles. The van der Waals surface area contributed by atoms with E-state index in [9.17, 15) is 14.4 Å². The van der Waals surface area contributed by atoms with E-state index in [1.165, 1.54) is 10.8 Å². The van der Waals surface area contributed by atoms with Crippen molar-refractivity contribution >= 4 is 16.7 Å². The maximum Gasteiger partial charge on any atom is 0.330 e. The molecular formula is C24H27N3O4. The average molecular weight is 421 g/mol. The predicted molar refractivity (Wildman–Crippen MR) is 119 cm³/mol. The van der Waals surface area contributed by atoms with Crippen molar-refractivity contribution in [3.05, 3.63) is 80.6 Å². The number of amides is 1. The maximum atomic E-state index is 12.8. The molecule has 1 saturated heterocycles. The average Bonchev–Trinajstić information content (AvgIpc) is 3.06. The van der Waals surface area contributed by atoms with E-state index in [2.05, 4.69) is 17.2 Å². The van der Waals surface area contributed by atoms with E-state index in [1.807, 2.05) is 56.3 Å². The SMILES string of the molecule is CC[C@H]1O[C@@H](n2cc(C(=O)NCc3ccc4ccccc4c3)c(=O)[nH]c2=O)C(C)[C@H]1C. The van der Waals surface area contributed by atoms with Crippen molar-refractivity contribution in [2.45, 2.75) is 46.1 Å². The van der Waals surface area contributed by atoms with Crippen LogP contribution in [-0.2, 0) is 11.3 Å². The van der Waals surface area contributed by atoms with Crippen LogP contribution in [0.2, 0.25) is 0 Å². The van der Waals surface area contributed by atoms with E-state index in [1.54, 1.807) is 0 Å². The van der Waals surface area contributed by atoms with Gasteiger partial charge in [0.25, 0.3) is 11.5 Å². The van der Waals surface area contributed by atoms with Crippen LogP contribution in [0.25, 0.3) is 10.8 Å². The molecular weight excluding hydrogens is 394 g/mol. The number of nitrogens with one attached hydrogen (secondary N) is 2. The summed E-state index contributed by atoms with van der Waals surface area (Å²) in [4.78, 5) is 39.8. The van der Waals surface area contributed by atoms with Crippen LogP contribution in [0.15, 0.2) is 58.3 Å². The van der Waals surface area contributed by atoms with E-state index in [0.717, 1.165) is 22.8 Å². The van der Waals surface area contributed by atoms with Crippen LogP contribution >= 0.6 is 0 Å². The zero-order valence-corrected chi connectivity index (χ0v) is 17.9. The van der Waals surface area contributed by atoms with Crippen LogP contribution in [0, 0.1) is 11.8 Å². The van der Waals surface area contributed by atoms with Crippen molar-refractivity contribution in [3.63, 3.8) is 0 Å². The van der Waals surface area contributed by atoms with E-state index in [-0.39, 0.29) is 30.0 Å². The normalized spacial score (nSPS) is 23.2. The van der Waals surface area contributed by atoms with Gasteiger partial charge in [-0.1, -0.05) is 57.2 Å². The van der Waals surface area contributed by atoms with Crippen molar-refractivity contribution in [2.24, 2.45) is 11.8 Å². The topological polar surface area (TPSA) is 93.2 Å². The third-order valence-corrected chi connectivity index (χ3v) is 6.34. The predicted octanol–water partition coefficient (Wildman–Crippen LogP) is 3.20. The Labute approximate surface area is 180 Å². The van der Waals surface area contributed by atoms with Crippen molar-refractivity contribution in [1.29, 1.82) is 0 Å². The van der Waals surface area contributed by atoms with Gasteiger partial charge in [-0.2, -0.15) is 0 Å². The van der Waals surface area contributed by atoms with Crippen LogP contribution in [-0.4, -0.2) is 21.6 Å². The minimum atomic E-state index is -0.706. The van der Waals surface area contributed by atoms with Crippen LogP contribution in [0.3, 0.4) is 0 Å². The fraction of sp³-hybridized carbons (Fsp3) is 0.375. The molecule has 0 radical (unpaired) electrons. The largest absolute Gasteiger partial charge is 0.354 e. The summed E-state index contributed by atoms with van der Waals surface area (Å²) in [5.41, 5.74) is -0.465.